The highest BCUT2D eigenvalue weighted by molar-refractivity contribution is 4.88. The number of rotatable bonds is 8. The molecule has 2 heterocycles. The molecule has 2 rings (SSSR count). The Morgan fingerprint density at radius 2 is 2.30 bits per heavy atom. The molecule has 2 saturated heterocycles. The average molecular weight is 283 g/mol. The molecule has 0 aromatic heterocycles. The van der Waals surface area contributed by atoms with Crippen LogP contribution in [0.3, 0.4) is 0 Å². The van der Waals surface area contributed by atoms with Crippen LogP contribution in [0.15, 0.2) is 0 Å². The highest BCUT2D eigenvalue weighted by Gasteiger charge is 2.36. The zero-order chi connectivity index (χ0) is 14.4. The second kappa shape index (κ2) is 7.74. The molecule has 0 saturated carbocycles. The summed E-state index contributed by atoms with van der Waals surface area (Å²) in [6.07, 6.45) is 3.78. The van der Waals surface area contributed by atoms with Gasteiger partial charge in [0.15, 0.2) is 0 Å². The molecule has 0 spiro atoms. The fraction of sp³-hybridized carbons (Fsp3) is 1.00. The lowest BCUT2D eigenvalue weighted by Crippen LogP contribution is -2.45. The molecule has 1 N–H and O–H groups in total. The van der Waals surface area contributed by atoms with Crippen molar-refractivity contribution in [3.8, 4) is 0 Å². The summed E-state index contributed by atoms with van der Waals surface area (Å²) in [5.41, 5.74) is 0.342. The predicted octanol–water partition coefficient (Wildman–Crippen LogP) is 1.28. The molecule has 0 aromatic carbocycles. The Hall–Kier alpha value is -0.160. The van der Waals surface area contributed by atoms with Crippen molar-refractivity contribution in [2.24, 2.45) is 11.3 Å². The van der Waals surface area contributed by atoms with Crippen LogP contribution in [0.2, 0.25) is 0 Å². The fourth-order valence-corrected chi connectivity index (χ4v) is 3.75. The number of ether oxygens (including phenoxy) is 1. The normalized spacial score (nSPS) is 31.5. The van der Waals surface area contributed by atoms with E-state index in [1.165, 1.54) is 45.4 Å². The summed E-state index contributed by atoms with van der Waals surface area (Å²) in [6.45, 7) is 11.3. The van der Waals surface area contributed by atoms with E-state index in [-0.39, 0.29) is 0 Å². The Kier molecular flexibility index (Phi) is 6.27. The SMILES string of the molecule is CCCNCC1(CN(C)CC2CCN(C)C2)CCOC1. The van der Waals surface area contributed by atoms with Crippen molar-refractivity contribution >= 4 is 0 Å². The standard InChI is InChI=1S/C16H33N3O/c1-4-7-17-12-16(6-9-20-14-16)13-19(3)11-15-5-8-18(2)10-15/h15,17H,4-14H2,1-3H3. The fourth-order valence-electron chi connectivity index (χ4n) is 3.75. The van der Waals surface area contributed by atoms with E-state index >= 15 is 0 Å². The third-order valence-corrected chi connectivity index (χ3v) is 4.78. The van der Waals surface area contributed by atoms with Gasteiger partial charge in [0.25, 0.3) is 0 Å². The van der Waals surface area contributed by atoms with Gasteiger partial charge in [0, 0.05) is 38.2 Å². The van der Waals surface area contributed by atoms with E-state index in [4.69, 9.17) is 4.74 Å². The molecule has 4 heteroatoms. The lowest BCUT2D eigenvalue weighted by Gasteiger charge is -2.33. The van der Waals surface area contributed by atoms with Gasteiger partial charge in [-0.1, -0.05) is 6.92 Å². The average Bonchev–Trinajstić information content (AvgIpc) is 3.00. The van der Waals surface area contributed by atoms with Crippen LogP contribution in [0.1, 0.15) is 26.2 Å². The van der Waals surface area contributed by atoms with E-state index < -0.39 is 0 Å². The maximum atomic E-state index is 5.70. The Bertz CT molecular complexity index is 279. The first-order chi connectivity index (χ1) is 9.63. The minimum atomic E-state index is 0.342. The number of hydrogen-bond donors (Lipinski definition) is 1. The summed E-state index contributed by atoms with van der Waals surface area (Å²) in [4.78, 5) is 5.00. The van der Waals surface area contributed by atoms with Gasteiger partial charge in [-0.3, -0.25) is 0 Å². The third-order valence-electron chi connectivity index (χ3n) is 4.78. The first kappa shape index (κ1) is 16.2. The molecular formula is C16H33N3O. The van der Waals surface area contributed by atoms with Crippen molar-refractivity contribution in [2.45, 2.75) is 26.2 Å². The predicted molar refractivity (Wildman–Crippen MR) is 84.1 cm³/mol. The van der Waals surface area contributed by atoms with Crippen LogP contribution in [0.4, 0.5) is 0 Å². The van der Waals surface area contributed by atoms with Crippen LogP contribution >= 0.6 is 0 Å². The molecule has 2 atom stereocenters. The van der Waals surface area contributed by atoms with Crippen LogP contribution in [0.25, 0.3) is 0 Å². The summed E-state index contributed by atoms with van der Waals surface area (Å²) >= 11 is 0. The van der Waals surface area contributed by atoms with Gasteiger partial charge in [0.2, 0.25) is 0 Å². The first-order valence-corrected chi connectivity index (χ1v) is 8.29. The summed E-state index contributed by atoms with van der Waals surface area (Å²) in [7, 11) is 4.53. The van der Waals surface area contributed by atoms with Gasteiger partial charge in [0.1, 0.15) is 0 Å². The molecule has 2 aliphatic rings. The van der Waals surface area contributed by atoms with Crippen molar-refractivity contribution in [1.82, 2.24) is 15.1 Å². The van der Waals surface area contributed by atoms with Crippen LogP contribution in [0.5, 0.6) is 0 Å². The first-order valence-electron chi connectivity index (χ1n) is 8.29. The molecule has 0 radical (unpaired) electrons. The second-order valence-electron chi connectivity index (χ2n) is 7.09. The van der Waals surface area contributed by atoms with Crippen LogP contribution in [-0.2, 0) is 4.74 Å². The van der Waals surface area contributed by atoms with E-state index in [1.807, 2.05) is 0 Å². The van der Waals surface area contributed by atoms with Gasteiger partial charge in [-0.25, -0.2) is 0 Å². The second-order valence-corrected chi connectivity index (χ2v) is 7.09. The summed E-state index contributed by atoms with van der Waals surface area (Å²) in [6, 6.07) is 0. The highest BCUT2D eigenvalue weighted by atomic mass is 16.5. The van der Waals surface area contributed by atoms with Gasteiger partial charge in [-0.15, -0.1) is 0 Å². The molecule has 0 aliphatic carbocycles. The minimum absolute atomic E-state index is 0.342. The van der Waals surface area contributed by atoms with Crippen molar-refractivity contribution in [3.63, 3.8) is 0 Å². The summed E-state index contributed by atoms with van der Waals surface area (Å²) in [5, 5.41) is 3.61. The van der Waals surface area contributed by atoms with Crippen LogP contribution in [-0.4, -0.2) is 76.4 Å². The zero-order valence-electron chi connectivity index (χ0n) is 13.7. The number of nitrogens with zero attached hydrogens (tertiary/aromatic N) is 2. The van der Waals surface area contributed by atoms with Crippen molar-refractivity contribution in [3.05, 3.63) is 0 Å². The van der Waals surface area contributed by atoms with Gasteiger partial charge in [0.05, 0.1) is 6.61 Å². The molecule has 2 fully saturated rings. The molecule has 118 valence electrons. The van der Waals surface area contributed by atoms with Crippen LogP contribution in [0, 0.1) is 11.3 Å². The van der Waals surface area contributed by atoms with Crippen molar-refractivity contribution in [1.29, 1.82) is 0 Å². The van der Waals surface area contributed by atoms with Gasteiger partial charge in [-0.05, 0) is 52.4 Å². The lowest BCUT2D eigenvalue weighted by molar-refractivity contribution is 0.113. The highest BCUT2D eigenvalue weighted by Crippen LogP contribution is 2.29. The van der Waals surface area contributed by atoms with Crippen molar-refractivity contribution in [2.75, 3.05) is 66.6 Å². The third kappa shape index (κ3) is 4.69. The Labute approximate surface area is 124 Å². The van der Waals surface area contributed by atoms with Gasteiger partial charge < -0.3 is 19.9 Å². The number of likely N-dealkylation sites (tertiary alicyclic amines) is 1. The molecule has 2 unspecified atom stereocenters. The Morgan fingerprint density at radius 1 is 1.45 bits per heavy atom. The maximum absolute atomic E-state index is 5.70. The Balaban J connectivity index is 1.78. The van der Waals surface area contributed by atoms with E-state index in [2.05, 4.69) is 36.1 Å². The van der Waals surface area contributed by atoms with Gasteiger partial charge in [-0.2, -0.15) is 0 Å². The van der Waals surface area contributed by atoms with Gasteiger partial charge >= 0.3 is 0 Å². The quantitative estimate of drug-likeness (QED) is 0.679. The van der Waals surface area contributed by atoms with Crippen LogP contribution < -0.4 is 5.32 Å². The summed E-state index contributed by atoms with van der Waals surface area (Å²) in [5.74, 6) is 0.855. The summed E-state index contributed by atoms with van der Waals surface area (Å²) < 4.78 is 5.70. The molecule has 0 aromatic rings. The van der Waals surface area contributed by atoms with E-state index in [0.29, 0.717) is 5.41 Å². The number of nitrogens with one attached hydrogen (secondary N) is 1. The minimum Gasteiger partial charge on any atom is -0.381 e. The molecule has 2 aliphatic heterocycles. The topological polar surface area (TPSA) is 27.7 Å². The lowest BCUT2D eigenvalue weighted by atomic mass is 9.86. The maximum Gasteiger partial charge on any atom is 0.0547 e. The van der Waals surface area contributed by atoms with E-state index in [0.717, 1.165) is 32.2 Å². The number of hydrogen-bond acceptors (Lipinski definition) is 4. The van der Waals surface area contributed by atoms with E-state index in [1.54, 1.807) is 0 Å². The Morgan fingerprint density at radius 3 is 2.90 bits per heavy atom. The van der Waals surface area contributed by atoms with E-state index in [9.17, 15) is 0 Å². The molecule has 0 amide bonds. The smallest absolute Gasteiger partial charge is 0.0547 e. The molecule has 4 nitrogen and oxygen atoms in total. The monoisotopic (exact) mass is 283 g/mol. The molecule has 0 bridgehead atoms. The zero-order valence-corrected chi connectivity index (χ0v) is 13.7. The largest absolute Gasteiger partial charge is 0.381 e. The molecular weight excluding hydrogens is 250 g/mol. The molecule has 20 heavy (non-hydrogen) atoms. The van der Waals surface area contributed by atoms with Crippen molar-refractivity contribution < 1.29 is 4.74 Å².